The number of amides is 1. The van der Waals surface area contributed by atoms with Crippen molar-refractivity contribution >= 4 is 23.2 Å². The van der Waals surface area contributed by atoms with E-state index in [9.17, 15) is 14.0 Å². The van der Waals surface area contributed by atoms with E-state index >= 15 is 0 Å². The molecule has 0 saturated carbocycles. The lowest BCUT2D eigenvalue weighted by Crippen LogP contribution is -2.28. The van der Waals surface area contributed by atoms with Crippen LogP contribution in [0.4, 0.5) is 4.39 Å². The monoisotopic (exact) mass is 400 g/mol. The highest BCUT2D eigenvalue weighted by atomic mass is 32.1. The van der Waals surface area contributed by atoms with E-state index in [1.165, 1.54) is 28.8 Å². The third kappa shape index (κ3) is 4.92. The number of aromatic nitrogens is 1. The highest BCUT2D eigenvalue weighted by Crippen LogP contribution is 2.24. The van der Waals surface area contributed by atoms with Gasteiger partial charge in [0.1, 0.15) is 16.6 Å². The summed E-state index contributed by atoms with van der Waals surface area (Å²) in [5.41, 5.74) is 1.61. The number of methoxy groups -OCH3 is 1. The van der Waals surface area contributed by atoms with Gasteiger partial charge in [-0.3, -0.25) is 4.79 Å². The topological polar surface area (TPSA) is 77.5 Å². The highest BCUT2D eigenvalue weighted by molar-refractivity contribution is 7.13. The van der Waals surface area contributed by atoms with Gasteiger partial charge in [-0.1, -0.05) is 18.2 Å². The van der Waals surface area contributed by atoms with Crippen LogP contribution in [0.15, 0.2) is 53.9 Å². The lowest BCUT2D eigenvalue weighted by molar-refractivity contribution is -0.124. The Balaban J connectivity index is 1.51. The van der Waals surface area contributed by atoms with Crippen LogP contribution in [0, 0.1) is 5.82 Å². The molecule has 8 heteroatoms. The molecule has 0 bridgehead atoms. The summed E-state index contributed by atoms with van der Waals surface area (Å²) in [7, 11) is 1.55. The molecule has 0 aliphatic heterocycles. The third-order valence-electron chi connectivity index (χ3n) is 3.81. The molecule has 0 fully saturated rings. The van der Waals surface area contributed by atoms with Crippen molar-refractivity contribution in [1.29, 1.82) is 0 Å². The van der Waals surface area contributed by atoms with Crippen molar-refractivity contribution < 1.29 is 23.5 Å². The molecule has 1 N–H and O–H groups in total. The van der Waals surface area contributed by atoms with Crippen molar-refractivity contribution in [3.05, 3.63) is 71.0 Å². The first-order valence-corrected chi connectivity index (χ1v) is 9.22. The molecule has 0 atom stereocenters. The first kappa shape index (κ1) is 19.5. The quantitative estimate of drug-likeness (QED) is 0.615. The zero-order valence-electron chi connectivity index (χ0n) is 15.0. The summed E-state index contributed by atoms with van der Waals surface area (Å²) < 4.78 is 23.2. The molecule has 0 saturated heterocycles. The van der Waals surface area contributed by atoms with Crippen molar-refractivity contribution in [2.24, 2.45) is 0 Å². The van der Waals surface area contributed by atoms with E-state index < -0.39 is 18.5 Å². The Morgan fingerprint density at radius 2 is 1.89 bits per heavy atom. The van der Waals surface area contributed by atoms with Gasteiger partial charge in [-0.15, -0.1) is 11.3 Å². The van der Waals surface area contributed by atoms with E-state index in [-0.39, 0.29) is 18.1 Å². The first-order valence-electron chi connectivity index (χ1n) is 8.34. The summed E-state index contributed by atoms with van der Waals surface area (Å²) >= 11 is 1.23. The van der Waals surface area contributed by atoms with Crippen LogP contribution in [-0.2, 0) is 16.1 Å². The molecule has 1 heterocycles. The smallest absolute Gasteiger partial charge is 0.358 e. The van der Waals surface area contributed by atoms with Gasteiger partial charge in [0, 0.05) is 23.1 Å². The highest BCUT2D eigenvalue weighted by Gasteiger charge is 2.15. The van der Waals surface area contributed by atoms with E-state index in [0.29, 0.717) is 16.3 Å². The number of ether oxygens (including phenoxy) is 2. The maximum absolute atomic E-state index is 13.0. The van der Waals surface area contributed by atoms with Gasteiger partial charge >= 0.3 is 5.97 Å². The third-order valence-corrected chi connectivity index (χ3v) is 4.70. The van der Waals surface area contributed by atoms with Crippen LogP contribution in [-0.4, -0.2) is 30.6 Å². The average molecular weight is 400 g/mol. The van der Waals surface area contributed by atoms with E-state index in [0.717, 1.165) is 5.56 Å². The van der Waals surface area contributed by atoms with Gasteiger partial charge in [-0.05, 0) is 30.3 Å². The summed E-state index contributed by atoms with van der Waals surface area (Å²) in [4.78, 5) is 28.2. The minimum Gasteiger partial charge on any atom is -0.496 e. The normalized spacial score (nSPS) is 10.4. The zero-order chi connectivity index (χ0) is 19.9. The molecule has 144 valence electrons. The fourth-order valence-electron chi connectivity index (χ4n) is 2.39. The molecule has 0 radical (unpaired) electrons. The number of carbonyl (C=O) groups is 2. The van der Waals surface area contributed by atoms with Crippen molar-refractivity contribution in [2.75, 3.05) is 13.7 Å². The van der Waals surface area contributed by atoms with Gasteiger partial charge in [0.15, 0.2) is 12.3 Å². The molecular weight excluding hydrogens is 383 g/mol. The number of nitrogens with one attached hydrogen (secondary N) is 1. The number of nitrogens with zero attached hydrogens (tertiary/aromatic N) is 1. The summed E-state index contributed by atoms with van der Waals surface area (Å²) in [6.07, 6.45) is 0. The largest absolute Gasteiger partial charge is 0.496 e. The Morgan fingerprint density at radius 1 is 1.14 bits per heavy atom. The average Bonchev–Trinajstić information content (AvgIpc) is 3.21. The second-order valence-corrected chi connectivity index (χ2v) is 6.57. The van der Waals surface area contributed by atoms with Crippen molar-refractivity contribution in [3.63, 3.8) is 0 Å². The van der Waals surface area contributed by atoms with Crippen LogP contribution in [0.5, 0.6) is 5.75 Å². The van der Waals surface area contributed by atoms with Gasteiger partial charge in [0.05, 0.1) is 7.11 Å². The van der Waals surface area contributed by atoms with Gasteiger partial charge in [0.2, 0.25) is 0 Å². The van der Waals surface area contributed by atoms with Crippen LogP contribution >= 0.6 is 11.3 Å². The summed E-state index contributed by atoms with van der Waals surface area (Å²) in [5.74, 6) is -0.819. The maximum Gasteiger partial charge on any atom is 0.358 e. The number of thiazole rings is 1. The Morgan fingerprint density at radius 3 is 2.64 bits per heavy atom. The summed E-state index contributed by atoms with van der Waals surface area (Å²) in [5, 5.41) is 4.77. The zero-order valence-corrected chi connectivity index (χ0v) is 15.8. The number of halogens is 1. The number of esters is 1. The first-order chi connectivity index (χ1) is 13.6. The van der Waals surface area contributed by atoms with E-state index in [4.69, 9.17) is 9.47 Å². The van der Waals surface area contributed by atoms with Gasteiger partial charge in [-0.2, -0.15) is 0 Å². The molecule has 3 rings (SSSR count). The molecule has 0 aliphatic carbocycles. The van der Waals surface area contributed by atoms with Crippen LogP contribution in [0.2, 0.25) is 0 Å². The minimum atomic E-state index is -0.697. The van der Waals surface area contributed by atoms with Crippen molar-refractivity contribution in [1.82, 2.24) is 10.3 Å². The van der Waals surface area contributed by atoms with Crippen molar-refractivity contribution in [3.8, 4) is 16.3 Å². The maximum atomic E-state index is 13.0. The number of para-hydroxylation sites is 1. The van der Waals surface area contributed by atoms with Gasteiger partial charge in [-0.25, -0.2) is 14.2 Å². The fraction of sp³-hybridized carbons (Fsp3) is 0.150. The number of hydrogen-bond acceptors (Lipinski definition) is 6. The van der Waals surface area contributed by atoms with E-state index in [2.05, 4.69) is 10.3 Å². The Bertz CT molecular complexity index is 972. The number of carbonyl (C=O) groups excluding carboxylic acids is 2. The molecule has 3 aromatic rings. The molecule has 0 spiro atoms. The predicted molar refractivity (Wildman–Crippen MR) is 103 cm³/mol. The van der Waals surface area contributed by atoms with Crippen LogP contribution in [0.25, 0.3) is 10.6 Å². The van der Waals surface area contributed by atoms with Gasteiger partial charge < -0.3 is 14.8 Å². The number of hydrogen-bond donors (Lipinski definition) is 1. The Kier molecular flexibility index (Phi) is 6.33. The summed E-state index contributed by atoms with van der Waals surface area (Å²) in [6, 6.07) is 13.1. The molecule has 0 unspecified atom stereocenters. The Hall–Kier alpha value is -3.26. The molecule has 0 aliphatic rings. The number of rotatable bonds is 7. The van der Waals surface area contributed by atoms with Crippen LogP contribution < -0.4 is 10.1 Å². The van der Waals surface area contributed by atoms with E-state index in [1.54, 1.807) is 25.3 Å². The van der Waals surface area contributed by atoms with Crippen molar-refractivity contribution in [2.45, 2.75) is 6.54 Å². The molecule has 1 aromatic heterocycles. The second kappa shape index (κ2) is 9.09. The van der Waals surface area contributed by atoms with Gasteiger partial charge in [0.25, 0.3) is 5.91 Å². The summed E-state index contributed by atoms with van der Waals surface area (Å²) in [6.45, 7) is -0.163. The molecule has 6 nitrogen and oxygen atoms in total. The lowest BCUT2D eigenvalue weighted by Gasteiger charge is -2.09. The molecule has 2 aromatic carbocycles. The van der Waals surface area contributed by atoms with Crippen LogP contribution in [0.1, 0.15) is 16.1 Å². The fourth-order valence-corrected chi connectivity index (χ4v) is 3.19. The molecule has 28 heavy (non-hydrogen) atoms. The number of benzene rings is 2. The Labute approximate surface area is 164 Å². The lowest BCUT2D eigenvalue weighted by atomic mass is 10.2. The molecular formula is C20H17FN2O4S. The SMILES string of the molecule is COc1ccccc1CNC(=O)COC(=O)c1csc(-c2ccc(F)cc2)n1. The second-order valence-electron chi connectivity index (χ2n) is 5.71. The molecule has 1 amide bonds. The van der Waals surface area contributed by atoms with Crippen LogP contribution in [0.3, 0.4) is 0 Å². The minimum absolute atomic E-state index is 0.0989. The predicted octanol–water partition coefficient (Wildman–Crippen LogP) is 3.43. The standard InChI is InChI=1S/C20H17FN2O4S/c1-26-17-5-3-2-4-14(17)10-22-18(24)11-27-20(25)16-12-28-19(23-16)13-6-8-15(21)9-7-13/h2-9,12H,10-11H2,1H3,(H,22,24). The van der Waals surface area contributed by atoms with E-state index in [1.807, 2.05) is 18.2 Å².